The standard InChI is InChI=1S/C16H21ClN4O3S2/c17-16-19-12-14(25-16)11-18-13-1-3-15(4-2-13)26(23,24)21-7-5-20(6-8-21)9-10-22/h1-4,12,18,22H,5-11H2. The molecule has 1 aromatic carbocycles. The molecule has 0 atom stereocenters. The van der Waals surface area contributed by atoms with Gasteiger partial charge in [-0.05, 0) is 24.3 Å². The number of hydrogen-bond donors (Lipinski definition) is 2. The first-order valence-corrected chi connectivity index (χ1v) is 10.9. The Kier molecular flexibility index (Phi) is 6.49. The summed E-state index contributed by atoms with van der Waals surface area (Å²) in [4.78, 5) is 7.34. The Morgan fingerprint density at radius 2 is 1.88 bits per heavy atom. The smallest absolute Gasteiger partial charge is 0.243 e. The van der Waals surface area contributed by atoms with Gasteiger partial charge >= 0.3 is 0 Å². The van der Waals surface area contributed by atoms with Gasteiger partial charge in [-0.1, -0.05) is 11.6 Å². The average Bonchev–Trinajstić information content (AvgIpc) is 3.06. The summed E-state index contributed by atoms with van der Waals surface area (Å²) in [5.74, 6) is 0. The van der Waals surface area contributed by atoms with Gasteiger partial charge in [-0.15, -0.1) is 11.3 Å². The monoisotopic (exact) mass is 416 g/mol. The molecule has 10 heteroatoms. The number of benzene rings is 1. The summed E-state index contributed by atoms with van der Waals surface area (Å²) in [6.07, 6.45) is 1.72. The van der Waals surface area contributed by atoms with E-state index in [1.165, 1.54) is 15.6 Å². The number of aliphatic hydroxyl groups is 1. The summed E-state index contributed by atoms with van der Waals surface area (Å²) in [5.41, 5.74) is 0.834. The van der Waals surface area contributed by atoms with Gasteiger partial charge in [0.05, 0.1) is 18.0 Å². The second-order valence-electron chi connectivity index (χ2n) is 5.93. The molecule has 1 aliphatic heterocycles. The van der Waals surface area contributed by atoms with E-state index in [2.05, 4.69) is 15.2 Å². The molecule has 1 aliphatic rings. The van der Waals surface area contributed by atoms with Crippen LogP contribution in [0.2, 0.25) is 4.47 Å². The number of sulfonamides is 1. The highest BCUT2D eigenvalue weighted by Gasteiger charge is 2.28. The molecule has 142 valence electrons. The average molecular weight is 417 g/mol. The van der Waals surface area contributed by atoms with Crippen LogP contribution in [0, 0.1) is 0 Å². The number of aliphatic hydroxyl groups excluding tert-OH is 1. The second kappa shape index (κ2) is 8.64. The lowest BCUT2D eigenvalue weighted by Crippen LogP contribution is -2.49. The van der Waals surface area contributed by atoms with E-state index in [9.17, 15) is 8.42 Å². The summed E-state index contributed by atoms with van der Waals surface area (Å²) in [6.45, 7) is 3.41. The van der Waals surface area contributed by atoms with Gasteiger partial charge in [0, 0.05) is 49.5 Å². The molecule has 2 aromatic rings. The van der Waals surface area contributed by atoms with Gasteiger partial charge in [-0.25, -0.2) is 13.4 Å². The van der Waals surface area contributed by atoms with Crippen molar-refractivity contribution in [2.75, 3.05) is 44.6 Å². The van der Waals surface area contributed by atoms with Crippen LogP contribution in [0.5, 0.6) is 0 Å². The number of β-amino-alcohol motifs (C(OH)–C–C–N with tert-alkyl or cyclic N) is 1. The zero-order chi connectivity index (χ0) is 18.6. The number of thiazole rings is 1. The number of piperazine rings is 1. The van der Waals surface area contributed by atoms with E-state index in [-0.39, 0.29) is 6.61 Å². The molecule has 0 saturated carbocycles. The number of aromatic nitrogens is 1. The maximum atomic E-state index is 12.8. The van der Waals surface area contributed by atoms with Crippen LogP contribution in [0.25, 0.3) is 0 Å². The molecule has 0 radical (unpaired) electrons. The predicted octanol–water partition coefficient (Wildman–Crippen LogP) is 1.71. The highest BCUT2D eigenvalue weighted by atomic mass is 35.5. The largest absolute Gasteiger partial charge is 0.395 e. The van der Waals surface area contributed by atoms with Crippen LogP contribution in [0.15, 0.2) is 35.4 Å². The first kappa shape index (κ1) is 19.5. The molecule has 2 heterocycles. The van der Waals surface area contributed by atoms with Gasteiger partial charge < -0.3 is 10.4 Å². The molecule has 0 unspecified atom stereocenters. The fourth-order valence-electron chi connectivity index (χ4n) is 2.78. The molecule has 1 saturated heterocycles. The summed E-state index contributed by atoms with van der Waals surface area (Å²) < 4.78 is 27.5. The van der Waals surface area contributed by atoms with E-state index in [1.54, 1.807) is 30.5 Å². The summed E-state index contributed by atoms with van der Waals surface area (Å²) in [7, 11) is -3.49. The van der Waals surface area contributed by atoms with Crippen LogP contribution in [-0.4, -0.2) is 67.0 Å². The van der Waals surface area contributed by atoms with Gasteiger partial charge in [0.25, 0.3) is 0 Å². The van der Waals surface area contributed by atoms with E-state index in [1.807, 2.05) is 0 Å². The quantitative estimate of drug-likeness (QED) is 0.714. The number of rotatable bonds is 7. The molecule has 2 N–H and O–H groups in total. The van der Waals surface area contributed by atoms with E-state index in [4.69, 9.17) is 16.7 Å². The zero-order valence-electron chi connectivity index (χ0n) is 14.1. The van der Waals surface area contributed by atoms with Crippen molar-refractivity contribution in [1.29, 1.82) is 0 Å². The number of hydrogen-bond acceptors (Lipinski definition) is 7. The van der Waals surface area contributed by atoms with Crippen LogP contribution in [0.3, 0.4) is 0 Å². The van der Waals surface area contributed by atoms with Crippen molar-refractivity contribution in [2.45, 2.75) is 11.4 Å². The van der Waals surface area contributed by atoms with Crippen LogP contribution in [0.4, 0.5) is 5.69 Å². The molecule has 0 spiro atoms. The Balaban J connectivity index is 1.60. The lowest BCUT2D eigenvalue weighted by molar-refractivity contribution is 0.151. The molecular weight excluding hydrogens is 396 g/mol. The van der Waals surface area contributed by atoms with Gasteiger partial charge in [-0.3, -0.25) is 4.90 Å². The van der Waals surface area contributed by atoms with E-state index >= 15 is 0 Å². The van der Waals surface area contributed by atoms with Crippen molar-refractivity contribution in [3.8, 4) is 0 Å². The maximum absolute atomic E-state index is 12.8. The van der Waals surface area contributed by atoms with Gasteiger partial charge in [0.1, 0.15) is 0 Å². The fraction of sp³-hybridized carbons (Fsp3) is 0.438. The third-order valence-corrected chi connectivity index (χ3v) is 7.26. The van der Waals surface area contributed by atoms with Crippen molar-refractivity contribution in [2.24, 2.45) is 0 Å². The number of nitrogens with zero attached hydrogens (tertiary/aromatic N) is 3. The minimum atomic E-state index is -3.49. The lowest BCUT2D eigenvalue weighted by atomic mass is 10.3. The Bertz CT molecular complexity index is 818. The Labute approximate surface area is 162 Å². The Morgan fingerprint density at radius 1 is 1.19 bits per heavy atom. The van der Waals surface area contributed by atoms with Crippen LogP contribution >= 0.6 is 22.9 Å². The summed E-state index contributed by atoms with van der Waals surface area (Å²) in [5, 5.41) is 12.2. The number of nitrogens with one attached hydrogen (secondary N) is 1. The van der Waals surface area contributed by atoms with Crippen molar-refractivity contribution < 1.29 is 13.5 Å². The molecule has 7 nitrogen and oxygen atoms in total. The third-order valence-electron chi connectivity index (χ3n) is 4.23. The minimum Gasteiger partial charge on any atom is -0.395 e. The van der Waals surface area contributed by atoms with Crippen molar-refractivity contribution in [3.05, 3.63) is 39.8 Å². The van der Waals surface area contributed by atoms with Crippen molar-refractivity contribution in [1.82, 2.24) is 14.2 Å². The molecular formula is C16H21ClN4O3S2. The predicted molar refractivity (Wildman–Crippen MR) is 103 cm³/mol. The summed E-state index contributed by atoms with van der Waals surface area (Å²) in [6, 6.07) is 6.77. The molecule has 1 aromatic heterocycles. The van der Waals surface area contributed by atoms with Crippen LogP contribution in [0.1, 0.15) is 4.88 Å². The highest BCUT2D eigenvalue weighted by Crippen LogP contribution is 2.22. The number of anilines is 1. The first-order valence-electron chi connectivity index (χ1n) is 8.26. The van der Waals surface area contributed by atoms with Crippen LogP contribution < -0.4 is 5.32 Å². The molecule has 0 aliphatic carbocycles. The van der Waals surface area contributed by atoms with Crippen molar-refractivity contribution in [3.63, 3.8) is 0 Å². The Morgan fingerprint density at radius 3 is 2.46 bits per heavy atom. The summed E-state index contributed by atoms with van der Waals surface area (Å²) >= 11 is 7.21. The zero-order valence-corrected chi connectivity index (χ0v) is 16.5. The van der Waals surface area contributed by atoms with Gasteiger partial charge in [0.15, 0.2) is 4.47 Å². The second-order valence-corrected chi connectivity index (χ2v) is 9.56. The molecule has 3 rings (SSSR count). The van der Waals surface area contributed by atoms with E-state index in [0.29, 0.717) is 48.6 Å². The maximum Gasteiger partial charge on any atom is 0.243 e. The number of halogens is 1. The molecule has 1 fully saturated rings. The third kappa shape index (κ3) is 4.73. The van der Waals surface area contributed by atoms with Crippen molar-refractivity contribution >= 4 is 38.6 Å². The SMILES string of the molecule is O=S(=O)(c1ccc(NCc2cnc(Cl)s2)cc1)N1CCN(CCO)CC1. The van der Waals surface area contributed by atoms with Gasteiger partial charge in [0.2, 0.25) is 10.0 Å². The first-order chi connectivity index (χ1) is 12.5. The minimum absolute atomic E-state index is 0.0922. The molecule has 26 heavy (non-hydrogen) atoms. The fourth-order valence-corrected chi connectivity index (χ4v) is 5.12. The molecule has 0 bridgehead atoms. The Hall–Kier alpha value is -1.23. The molecule has 0 amide bonds. The topological polar surface area (TPSA) is 85.8 Å². The van der Waals surface area contributed by atoms with E-state index < -0.39 is 10.0 Å². The van der Waals surface area contributed by atoms with Crippen LogP contribution in [-0.2, 0) is 16.6 Å². The lowest BCUT2D eigenvalue weighted by Gasteiger charge is -2.33. The van der Waals surface area contributed by atoms with Gasteiger partial charge in [-0.2, -0.15) is 4.31 Å². The normalized spacial score (nSPS) is 16.7. The highest BCUT2D eigenvalue weighted by molar-refractivity contribution is 7.89. The van der Waals surface area contributed by atoms with E-state index in [0.717, 1.165) is 10.6 Å².